The van der Waals surface area contributed by atoms with Crippen LogP contribution in [0.2, 0.25) is 0 Å². The van der Waals surface area contributed by atoms with E-state index in [4.69, 9.17) is 16.3 Å². The topological polar surface area (TPSA) is 93.2 Å². The number of nitrogens with zero attached hydrogens (tertiary/aromatic N) is 2. The minimum atomic E-state index is -0.340. The summed E-state index contributed by atoms with van der Waals surface area (Å²) < 4.78 is 6.48. The lowest BCUT2D eigenvalue weighted by molar-refractivity contribution is -0.122. The summed E-state index contributed by atoms with van der Waals surface area (Å²) in [4.78, 5) is 34.2. The van der Waals surface area contributed by atoms with Gasteiger partial charge in [0.1, 0.15) is 5.76 Å². The fourth-order valence-electron chi connectivity index (χ4n) is 4.31. The Labute approximate surface area is 217 Å². The summed E-state index contributed by atoms with van der Waals surface area (Å²) >= 11 is 7.69. The molecule has 2 aliphatic rings. The molecular weight excluding hydrogens is 496 g/mol. The van der Waals surface area contributed by atoms with Crippen LogP contribution in [0.5, 0.6) is 0 Å². The zero-order valence-electron chi connectivity index (χ0n) is 19.7. The molecule has 182 valence electrons. The molecular formula is C27H23ClN4O3S. The molecule has 1 atom stereocenters. The van der Waals surface area contributed by atoms with E-state index in [9.17, 15) is 9.59 Å². The van der Waals surface area contributed by atoms with Crippen molar-refractivity contribution < 1.29 is 14.3 Å². The normalized spacial score (nSPS) is 17.2. The maximum absolute atomic E-state index is 13.4. The van der Waals surface area contributed by atoms with Crippen LogP contribution in [-0.2, 0) is 16.0 Å². The maximum atomic E-state index is 13.4. The van der Waals surface area contributed by atoms with Gasteiger partial charge in [-0.2, -0.15) is 0 Å². The minimum absolute atomic E-state index is 0.00452. The average molecular weight is 519 g/mol. The molecule has 0 radical (unpaired) electrons. The van der Waals surface area contributed by atoms with E-state index in [1.807, 2.05) is 31.2 Å². The predicted molar refractivity (Wildman–Crippen MR) is 142 cm³/mol. The first-order chi connectivity index (χ1) is 17.4. The number of carbonyl (C=O) groups is 2. The van der Waals surface area contributed by atoms with Gasteiger partial charge in [-0.15, -0.1) is 5.73 Å². The molecule has 36 heavy (non-hydrogen) atoms. The number of hydrogen-bond acceptors (Lipinski definition) is 6. The monoisotopic (exact) mass is 518 g/mol. The molecule has 2 amide bonds. The molecule has 0 saturated carbocycles. The molecule has 1 aromatic carbocycles. The molecule has 0 bridgehead atoms. The van der Waals surface area contributed by atoms with E-state index in [0.717, 1.165) is 34.4 Å². The van der Waals surface area contributed by atoms with Crippen LogP contribution in [0.1, 0.15) is 33.6 Å². The van der Waals surface area contributed by atoms with Crippen molar-refractivity contribution in [3.05, 3.63) is 87.6 Å². The second-order valence-corrected chi connectivity index (χ2v) is 10.1. The second-order valence-electron chi connectivity index (χ2n) is 8.59. The summed E-state index contributed by atoms with van der Waals surface area (Å²) in [6.45, 7) is 2.59. The Bertz CT molecular complexity index is 1510. The fourth-order valence-corrected chi connectivity index (χ4v) is 5.40. The Kier molecular flexibility index (Phi) is 6.74. The van der Waals surface area contributed by atoms with Gasteiger partial charge in [0.25, 0.3) is 5.91 Å². The molecule has 1 saturated heterocycles. The number of benzene rings is 1. The van der Waals surface area contributed by atoms with Crippen LogP contribution in [0.3, 0.4) is 0 Å². The van der Waals surface area contributed by atoms with Crippen molar-refractivity contribution in [1.82, 2.24) is 15.3 Å². The van der Waals surface area contributed by atoms with E-state index in [-0.39, 0.29) is 17.7 Å². The van der Waals surface area contributed by atoms with Crippen LogP contribution < -0.4 is 10.6 Å². The zero-order valence-corrected chi connectivity index (χ0v) is 21.3. The molecule has 5 rings (SSSR count). The van der Waals surface area contributed by atoms with Crippen molar-refractivity contribution in [2.75, 3.05) is 19.0 Å². The van der Waals surface area contributed by atoms with E-state index >= 15 is 0 Å². The molecule has 1 aliphatic heterocycles. The number of carbonyl (C=O) groups excluding carboxylic acids is 2. The van der Waals surface area contributed by atoms with Crippen LogP contribution in [0.15, 0.2) is 65.2 Å². The van der Waals surface area contributed by atoms with Crippen molar-refractivity contribution in [2.45, 2.75) is 19.8 Å². The zero-order chi connectivity index (χ0) is 25.2. The first-order valence-corrected chi connectivity index (χ1v) is 12.6. The van der Waals surface area contributed by atoms with E-state index in [1.165, 1.54) is 11.3 Å². The molecule has 1 fully saturated rings. The fraction of sp³-hybridized carbons (Fsp3) is 0.222. The highest BCUT2D eigenvalue weighted by atomic mass is 35.5. The summed E-state index contributed by atoms with van der Waals surface area (Å²) in [7, 11) is 1.56. The van der Waals surface area contributed by atoms with Gasteiger partial charge >= 0.3 is 0 Å². The van der Waals surface area contributed by atoms with Crippen molar-refractivity contribution in [3.63, 3.8) is 0 Å². The lowest BCUT2D eigenvalue weighted by atomic mass is 9.98. The number of aromatic nitrogens is 2. The largest absolute Gasteiger partial charge is 0.495 e. The van der Waals surface area contributed by atoms with Crippen molar-refractivity contribution in [3.8, 4) is 0 Å². The van der Waals surface area contributed by atoms with Crippen molar-refractivity contribution in [2.24, 2.45) is 5.92 Å². The summed E-state index contributed by atoms with van der Waals surface area (Å²) in [5.74, 6) is 0.306. The molecule has 0 spiro atoms. The quantitative estimate of drug-likeness (QED) is 0.441. The van der Waals surface area contributed by atoms with Crippen LogP contribution in [0.25, 0.3) is 15.8 Å². The number of amides is 2. The number of aryl methyl sites for hydroxylation is 1. The average Bonchev–Trinajstić information content (AvgIpc) is 3.39. The van der Waals surface area contributed by atoms with E-state index in [0.29, 0.717) is 39.0 Å². The third-order valence-electron chi connectivity index (χ3n) is 6.10. The number of allylic oxidation sites excluding steroid dienone is 4. The number of halogens is 1. The van der Waals surface area contributed by atoms with E-state index < -0.39 is 0 Å². The first kappa shape index (κ1) is 24.0. The third-order valence-corrected chi connectivity index (χ3v) is 7.25. The number of rotatable bonds is 6. The van der Waals surface area contributed by atoms with Gasteiger partial charge in [-0.05, 0) is 55.7 Å². The number of nitrogens with one attached hydrogen (secondary N) is 2. The molecule has 3 aromatic rings. The first-order valence-electron chi connectivity index (χ1n) is 11.4. The molecule has 2 aromatic heterocycles. The van der Waals surface area contributed by atoms with Crippen LogP contribution in [-0.4, -0.2) is 35.4 Å². The van der Waals surface area contributed by atoms with Crippen LogP contribution in [0, 0.1) is 12.8 Å². The lowest BCUT2D eigenvalue weighted by Crippen LogP contribution is -2.20. The van der Waals surface area contributed by atoms with E-state index in [2.05, 4.69) is 26.3 Å². The highest BCUT2D eigenvalue weighted by molar-refractivity contribution is 7.22. The molecule has 2 N–H and O–H groups in total. The van der Waals surface area contributed by atoms with Gasteiger partial charge in [-0.25, -0.2) is 4.98 Å². The molecule has 1 unspecified atom stereocenters. The number of hydrogen-bond donors (Lipinski definition) is 2. The summed E-state index contributed by atoms with van der Waals surface area (Å²) in [5, 5.41) is 6.75. The minimum Gasteiger partial charge on any atom is -0.495 e. The van der Waals surface area contributed by atoms with Gasteiger partial charge in [-0.1, -0.05) is 29.0 Å². The number of fused-ring (bicyclic) bond motifs is 1. The van der Waals surface area contributed by atoms with Crippen molar-refractivity contribution in [1.29, 1.82) is 0 Å². The van der Waals surface area contributed by atoms with Gasteiger partial charge < -0.3 is 10.1 Å². The molecule has 1 aliphatic carbocycles. The third kappa shape index (κ3) is 4.97. The maximum Gasteiger partial charge on any atom is 0.259 e. The van der Waals surface area contributed by atoms with Gasteiger partial charge in [0.05, 0.1) is 22.9 Å². The lowest BCUT2D eigenvalue weighted by Gasteiger charge is -2.13. The van der Waals surface area contributed by atoms with Gasteiger partial charge in [0.15, 0.2) is 5.13 Å². The van der Waals surface area contributed by atoms with Gasteiger partial charge in [-0.3, -0.25) is 19.9 Å². The summed E-state index contributed by atoms with van der Waals surface area (Å²) in [6.07, 6.45) is 8.14. The predicted octanol–water partition coefficient (Wildman–Crippen LogP) is 5.14. The SMILES string of the molecule is COC1=C(c2cc(C)ncc2C(=O)Nc2nc3ccc(CC4CCNC4=O)cc3s2)C=C(Cl)C=C=C1. The highest BCUT2D eigenvalue weighted by Crippen LogP contribution is 2.32. The number of thiazole rings is 1. The molecule has 3 heterocycles. The highest BCUT2D eigenvalue weighted by Gasteiger charge is 2.24. The van der Waals surface area contributed by atoms with Gasteiger partial charge in [0.2, 0.25) is 5.91 Å². The Morgan fingerprint density at radius 3 is 2.97 bits per heavy atom. The number of pyridine rings is 1. The summed E-state index contributed by atoms with van der Waals surface area (Å²) in [5.41, 5.74) is 7.25. The van der Waals surface area contributed by atoms with Gasteiger partial charge in [0, 0.05) is 46.6 Å². The van der Waals surface area contributed by atoms with Crippen molar-refractivity contribution >= 4 is 55.7 Å². The molecule has 9 heteroatoms. The number of anilines is 1. The second kappa shape index (κ2) is 10.1. The van der Waals surface area contributed by atoms with Crippen LogP contribution in [0.4, 0.5) is 5.13 Å². The van der Waals surface area contributed by atoms with Crippen LogP contribution >= 0.6 is 22.9 Å². The standard InChI is InChI=1S/C27H23ClN4O3S/c1-15-10-19(20-13-18(28)4-3-5-23(20)35-2)21(14-30-15)26(34)32-27-31-22-7-6-16(12-24(22)36-27)11-17-8-9-29-25(17)33/h4-7,10,12-14,17H,8-9,11H2,1-2H3,(H,29,33)(H,31,32,34). The Morgan fingerprint density at radius 1 is 1.33 bits per heavy atom. The Balaban J connectivity index is 1.43. The number of ether oxygens (including phenoxy) is 1. The summed E-state index contributed by atoms with van der Waals surface area (Å²) in [6, 6.07) is 7.78. The smallest absolute Gasteiger partial charge is 0.259 e. The van der Waals surface area contributed by atoms with E-state index in [1.54, 1.807) is 31.5 Å². The number of methoxy groups -OCH3 is 1. The Hall–Kier alpha value is -3.71. The Morgan fingerprint density at radius 2 is 2.19 bits per heavy atom. The molecule has 7 nitrogen and oxygen atoms in total.